The Hall–Kier alpha value is -1.13. The van der Waals surface area contributed by atoms with Crippen LogP contribution in [0, 0.1) is 18.3 Å². The summed E-state index contributed by atoms with van der Waals surface area (Å²) in [5.74, 6) is 0. The summed E-state index contributed by atoms with van der Waals surface area (Å²) in [5.41, 5.74) is 6.43. The van der Waals surface area contributed by atoms with Crippen LogP contribution in [-0.4, -0.2) is 32.4 Å². The maximum Gasteiger partial charge on any atom is 0.243 e. The summed E-state index contributed by atoms with van der Waals surface area (Å²) in [5, 5.41) is 8.83. The van der Waals surface area contributed by atoms with Crippen molar-refractivity contribution in [1.82, 2.24) is 4.31 Å². The molecule has 0 aliphatic heterocycles. The van der Waals surface area contributed by atoms with Crippen molar-refractivity contribution < 1.29 is 8.42 Å². The van der Waals surface area contributed by atoms with Gasteiger partial charge in [-0.25, -0.2) is 8.42 Å². The zero-order valence-corrected chi connectivity index (χ0v) is 12.8. The van der Waals surface area contributed by atoms with Gasteiger partial charge in [0.05, 0.1) is 16.5 Å². The number of benzene rings is 1. The second kappa shape index (κ2) is 6.87. The second-order valence-corrected chi connectivity index (χ2v) is 6.16. The van der Waals surface area contributed by atoms with E-state index >= 15 is 0 Å². The zero-order chi connectivity index (χ0) is 13.9. The van der Waals surface area contributed by atoms with Crippen molar-refractivity contribution in [3.8, 4) is 6.07 Å². The van der Waals surface area contributed by atoms with Gasteiger partial charge in [-0.2, -0.15) is 9.57 Å². The number of rotatable bonds is 4. The Balaban J connectivity index is 0.00000324. The summed E-state index contributed by atoms with van der Waals surface area (Å²) in [7, 11) is -2.12. The van der Waals surface area contributed by atoms with Crippen molar-refractivity contribution in [3.05, 3.63) is 29.3 Å². The molecule has 7 heteroatoms. The Kier molecular flexibility index (Phi) is 6.46. The van der Waals surface area contributed by atoms with E-state index < -0.39 is 10.0 Å². The number of nitrogens with zero attached hydrogens (tertiary/aromatic N) is 2. The number of nitriles is 1. The molecular weight excluding hydrogens is 286 g/mol. The van der Waals surface area contributed by atoms with E-state index in [1.165, 1.54) is 17.4 Å². The molecule has 0 aromatic heterocycles. The van der Waals surface area contributed by atoms with E-state index in [2.05, 4.69) is 0 Å². The Labute approximate surface area is 120 Å². The maximum atomic E-state index is 12.4. The molecule has 0 saturated heterocycles. The molecule has 0 bridgehead atoms. The van der Waals surface area contributed by atoms with Crippen LogP contribution >= 0.6 is 12.4 Å². The van der Waals surface area contributed by atoms with Gasteiger partial charge >= 0.3 is 0 Å². The predicted octanol–water partition coefficient (Wildman–Crippen LogP) is 1.26. The van der Waals surface area contributed by atoms with E-state index in [1.807, 2.05) is 6.07 Å². The Morgan fingerprint density at radius 3 is 2.53 bits per heavy atom. The highest BCUT2D eigenvalue weighted by molar-refractivity contribution is 7.89. The normalized spacial score (nSPS) is 12.6. The molecule has 0 aliphatic rings. The molecule has 1 unspecified atom stereocenters. The van der Waals surface area contributed by atoms with E-state index in [0.717, 1.165) is 0 Å². The fourth-order valence-corrected chi connectivity index (χ4v) is 3.11. The van der Waals surface area contributed by atoms with Crippen LogP contribution < -0.4 is 5.73 Å². The van der Waals surface area contributed by atoms with Gasteiger partial charge < -0.3 is 5.73 Å². The van der Waals surface area contributed by atoms with Gasteiger partial charge in [0.25, 0.3) is 0 Å². The lowest BCUT2D eigenvalue weighted by Crippen LogP contribution is -2.39. The van der Waals surface area contributed by atoms with Crippen LogP contribution in [0.25, 0.3) is 0 Å². The Morgan fingerprint density at radius 2 is 2.05 bits per heavy atom. The molecule has 0 fully saturated rings. The smallest absolute Gasteiger partial charge is 0.243 e. The molecule has 19 heavy (non-hydrogen) atoms. The van der Waals surface area contributed by atoms with Gasteiger partial charge in [-0.1, -0.05) is 6.07 Å². The van der Waals surface area contributed by atoms with E-state index in [9.17, 15) is 8.42 Å². The fraction of sp³-hybridized carbons (Fsp3) is 0.417. The van der Waals surface area contributed by atoms with Crippen molar-refractivity contribution in [2.75, 3.05) is 13.6 Å². The maximum absolute atomic E-state index is 12.4. The van der Waals surface area contributed by atoms with Gasteiger partial charge in [0.2, 0.25) is 10.0 Å². The van der Waals surface area contributed by atoms with Gasteiger partial charge in [-0.15, -0.1) is 12.4 Å². The molecule has 0 radical (unpaired) electrons. The third kappa shape index (κ3) is 3.67. The van der Waals surface area contributed by atoms with E-state index in [-0.39, 0.29) is 29.9 Å². The second-order valence-electron chi connectivity index (χ2n) is 4.20. The lowest BCUT2D eigenvalue weighted by atomic mass is 10.2. The van der Waals surface area contributed by atoms with Gasteiger partial charge in [-0.3, -0.25) is 0 Å². The predicted molar refractivity (Wildman–Crippen MR) is 76.6 cm³/mol. The molecule has 1 atom stereocenters. The van der Waals surface area contributed by atoms with Crippen LogP contribution in [0.2, 0.25) is 0 Å². The molecule has 1 rings (SSSR count). The quantitative estimate of drug-likeness (QED) is 0.907. The molecule has 2 N–H and O–H groups in total. The Morgan fingerprint density at radius 1 is 1.47 bits per heavy atom. The van der Waals surface area contributed by atoms with Crippen molar-refractivity contribution in [2.45, 2.75) is 24.8 Å². The summed E-state index contributed by atoms with van der Waals surface area (Å²) >= 11 is 0. The first-order valence-electron chi connectivity index (χ1n) is 5.53. The lowest BCUT2D eigenvalue weighted by molar-refractivity contribution is 0.394. The minimum absolute atomic E-state index is 0. The highest BCUT2D eigenvalue weighted by Gasteiger charge is 2.26. The molecular formula is C12H18ClN3O2S. The minimum atomic E-state index is -3.61. The van der Waals surface area contributed by atoms with Crippen molar-refractivity contribution in [3.63, 3.8) is 0 Å². The third-order valence-corrected chi connectivity index (χ3v) is 5.05. The van der Waals surface area contributed by atoms with E-state index in [0.29, 0.717) is 11.1 Å². The van der Waals surface area contributed by atoms with Crippen LogP contribution in [0.4, 0.5) is 0 Å². The summed E-state index contributed by atoms with van der Waals surface area (Å²) in [4.78, 5) is 0.157. The van der Waals surface area contributed by atoms with Gasteiger partial charge in [0, 0.05) is 19.6 Å². The van der Waals surface area contributed by atoms with Crippen LogP contribution in [0.5, 0.6) is 0 Å². The molecule has 0 amide bonds. The van der Waals surface area contributed by atoms with E-state index in [1.54, 1.807) is 26.0 Å². The molecule has 0 saturated carbocycles. The highest BCUT2D eigenvalue weighted by Crippen LogP contribution is 2.21. The Bertz CT molecular complexity index is 581. The largest absolute Gasteiger partial charge is 0.329 e. The monoisotopic (exact) mass is 303 g/mol. The first-order chi connectivity index (χ1) is 8.34. The third-order valence-electron chi connectivity index (χ3n) is 2.94. The molecule has 0 aliphatic carbocycles. The van der Waals surface area contributed by atoms with Crippen molar-refractivity contribution >= 4 is 22.4 Å². The average Bonchev–Trinajstić information content (AvgIpc) is 2.37. The molecule has 0 spiro atoms. The average molecular weight is 304 g/mol. The number of halogens is 1. The molecule has 1 aromatic rings. The molecule has 5 nitrogen and oxygen atoms in total. The number of hydrogen-bond donors (Lipinski definition) is 1. The lowest BCUT2D eigenvalue weighted by Gasteiger charge is -2.23. The van der Waals surface area contributed by atoms with Crippen LogP contribution in [0.1, 0.15) is 18.1 Å². The summed E-state index contributed by atoms with van der Waals surface area (Å²) in [6.45, 7) is 3.68. The number of likely N-dealkylation sites (N-methyl/N-ethyl adjacent to an activating group) is 1. The highest BCUT2D eigenvalue weighted by atomic mass is 35.5. The SMILES string of the molecule is Cc1ccc(C#N)cc1S(=O)(=O)N(C)C(C)CN.Cl. The van der Waals surface area contributed by atoms with Crippen LogP contribution in [-0.2, 0) is 10.0 Å². The van der Waals surface area contributed by atoms with Gasteiger partial charge in [-0.05, 0) is 31.5 Å². The number of sulfonamides is 1. The first-order valence-corrected chi connectivity index (χ1v) is 6.97. The minimum Gasteiger partial charge on any atom is -0.329 e. The number of hydrogen-bond acceptors (Lipinski definition) is 4. The standard InChI is InChI=1S/C12H17N3O2S.ClH/c1-9-4-5-11(8-14)6-12(9)18(16,17)15(3)10(2)7-13;/h4-6,10H,7,13H2,1-3H3;1H. The van der Waals surface area contributed by atoms with E-state index in [4.69, 9.17) is 11.0 Å². The van der Waals surface area contributed by atoms with Crippen molar-refractivity contribution in [2.24, 2.45) is 5.73 Å². The van der Waals surface area contributed by atoms with Gasteiger partial charge in [0.1, 0.15) is 0 Å². The topological polar surface area (TPSA) is 87.2 Å². The summed E-state index contributed by atoms with van der Waals surface area (Å²) in [6, 6.07) is 6.27. The fourth-order valence-electron chi connectivity index (χ4n) is 1.49. The summed E-state index contributed by atoms with van der Waals surface area (Å²) < 4.78 is 26.0. The molecule has 1 aromatic carbocycles. The van der Waals surface area contributed by atoms with Crippen LogP contribution in [0.3, 0.4) is 0 Å². The van der Waals surface area contributed by atoms with Crippen molar-refractivity contribution in [1.29, 1.82) is 5.26 Å². The first kappa shape index (κ1) is 17.9. The number of aryl methyl sites for hydroxylation is 1. The molecule has 106 valence electrons. The van der Waals surface area contributed by atoms with Gasteiger partial charge in [0.15, 0.2) is 0 Å². The van der Waals surface area contributed by atoms with Crippen LogP contribution in [0.15, 0.2) is 23.1 Å². The zero-order valence-electron chi connectivity index (χ0n) is 11.1. The number of nitrogens with two attached hydrogens (primary N) is 1. The molecule has 0 heterocycles. The summed E-state index contributed by atoms with van der Waals surface area (Å²) in [6.07, 6.45) is 0.